The number of rotatable bonds is 2. The van der Waals surface area contributed by atoms with Crippen LogP contribution in [0.25, 0.3) is 0 Å². The maximum Gasteiger partial charge on any atom is 0.194 e. The lowest BCUT2D eigenvalue weighted by Crippen LogP contribution is -2.18. The van der Waals surface area contributed by atoms with E-state index in [1.54, 1.807) is 12.1 Å². The fraction of sp³-hybridized carbons (Fsp3) is 0.235. The van der Waals surface area contributed by atoms with Gasteiger partial charge in [0.1, 0.15) is 11.6 Å². The highest BCUT2D eigenvalue weighted by molar-refractivity contribution is 9.10. The van der Waals surface area contributed by atoms with E-state index < -0.39 is 5.82 Å². The van der Waals surface area contributed by atoms with Crippen LogP contribution in [0.15, 0.2) is 40.9 Å². The maximum atomic E-state index is 13.4. The molecule has 0 aliphatic carbocycles. The van der Waals surface area contributed by atoms with Crippen LogP contribution < -0.4 is 4.74 Å². The fourth-order valence-electron chi connectivity index (χ4n) is 2.49. The zero-order valence-corrected chi connectivity index (χ0v) is 13.3. The van der Waals surface area contributed by atoms with Crippen molar-refractivity contribution in [2.45, 2.75) is 19.3 Å². The van der Waals surface area contributed by atoms with Crippen LogP contribution in [0.2, 0.25) is 0 Å². The molecule has 4 heteroatoms. The summed E-state index contributed by atoms with van der Waals surface area (Å²) in [5.41, 5.74) is 1.76. The minimum atomic E-state index is -0.425. The Morgan fingerprint density at radius 2 is 2.00 bits per heavy atom. The standard InChI is InChI=1S/C17H14BrFO2/c1-17(2)9-21-15-6-3-10(7-13(15)17)16(20)12-8-11(19)4-5-14(12)18/h3-8H,9H2,1-2H3. The number of carbonyl (C=O) groups excluding carboxylic acids is 1. The van der Waals surface area contributed by atoms with E-state index in [2.05, 4.69) is 29.8 Å². The van der Waals surface area contributed by atoms with Gasteiger partial charge in [-0.2, -0.15) is 0 Å². The molecule has 0 N–H and O–H groups in total. The number of halogens is 2. The minimum Gasteiger partial charge on any atom is -0.492 e. The van der Waals surface area contributed by atoms with E-state index in [-0.39, 0.29) is 11.2 Å². The van der Waals surface area contributed by atoms with Crippen molar-refractivity contribution in [1.29, 1.82) is 0 Å². The van der Waals surface area contributed by atoms with E-state index in [9.17, 15) is 9.18 Å². The number of ketones is 1. The summed E-state index contributed by atoms with van der Waals surface area (Å²) in [6, 6.07) is 9.50. The van der Waals surface area contributed by atoms with Gasteiger partial charge in [-0.3, -0.25) is 4.79 Å². The highest BCUT2D eigenvalue weighted by Crippen LogP contribution is 2.39. The van der Waals surface area contributed by atoms with Crippen molar-refractivity contribution < 1.29 is 13.9 Å². The number of hydrogen-bond acceptors (Lipinski definition) is 2. The van der Waals surface area contributed by atoms with Crippen LogP contribution in [0.5, 0.6) is 5.75 Å². The van der Waals surface area contributed by atoms with Crippen molar-refractivity contribution in [1.82, 2.24) is 0 Å². The van der Waals surface area contributed by atoms with E-state index in [0.29, 0.717) is 22.2 Å². The normalized spacial score (nSPS) is 15.4. The molecule has 0 amide bonds. The molecule has 0 bridgehead atoms. The molecule has 21 heavy (non-hydrogen) atoms. The number of fused-ring (bicyclic) bond motifs is 1. The summed E-state index contributed by atoms with van der Waals surface area (Å²) >= 11 is 3.30. The molecule has 0 saturated heterocycles. The summed E-state index contributed by atoms with van der Waals surface area (Å²) in [5, 5.41) is 0. The first-order valence-electron chi connectivity index (χ1n) is 6.65. The molecule has 0 unspecified atom stereocenters. The maximum absolute atomic E-state index is 13.4. The molecule has 1 aliphatic heterocycles. The monoisotopic (exact) mass is 348 g/mol. The molecule has 108 valence electrons. The third kappa shape index (κ3) is 2.48. The summed E-state index contributed by atoms with van der Waals surface area (Å²) in [6.45, 7) is 4.75. The first-order valence-corrected chi connectivity index (χ1v) is 7.45. The second-order valence-corrected chi connectivity index (χ2v) is 6.69. The average molecular weight is 349 g/mol. The van der Waals surface area contributed by atoms with Gasteiger partial charge in [0.15, 0.2) is 5.78 Å². The third-order valence-corrected chi connectivity index (χ3v) is 4.42. The Kier molecular flexibility index (Phi) is 3.36. The van der Waals surface area contributed by atoms with Gasteiger partial charge in [-0.05, 0) is 36.4 Å². The van der Waals surface area contributed by atoms with Crippen molar-refractivity contribution in [2.24, 2.45) is 0 Å². The van der Waals surface area contributed by atoms with Crippen molar-refractivity contribution >= 4 is 21.7 Å². The third-order valence-electron chi connectivity index (χ3n) is 3.73. The van der Waals surface area contributed by atoms with Crippen LogP contribution in [0, 0.1) is 5.82 Å². The van der Waals surface area contributed by atoms with Gasteiger partial charge in [0.2, 0.25) is 0 Å². The van der Waals surface area contributed by atoms with Crippen LogP contribution in [0.4, 0.5) is 4.39 Å². The Hall–Kier alpha value is -1.68. The Morgan fingerprint density at radius 3 is 2.76 bits per heavy atom. The summed E-state index contributed by atoms with van der Waals surface area (Å²) in [7, 11) is 0. The van der Waals surface area contributed by atoms with E-state index in [1.807, 2.05) is 12.1 Å². The van der Waals surface area contributed by atoms with Crippen LogP contribution in [-0.2, 0) is 5.41 Å². The van der Waals surface area contributed by atoms with Crippen LogP contribution in [0.3, 0.4) is 0 Å². The van der Waals surface area contributed by atoms with Gasteiger partial charge in [-0.1, -0.05) is 29.8 Å². The van der Waals surface area contributed by atoms with Crippen molar-refractivity contribution in [2.75, 3.05) is 6.61 Å². The molecule has 0 saturated carbocycles. The first-order chi connectivity index (χ1) is 9.88. The summed E-state index contributed by atoms with van der Waals surface area (Å²) in [5.74, 6) is 0.188. The molecule has 0 radical (unpaired) electrons. The van der Waals surface area contributed by atoms with Gasteiger partial charge < -0.3 is 4.74 Å². The van der Waals surface area contributed by atoms with Gasteiger partial charge in [-0.15, -0.1) is 0 Å². The SMILES string of the molecule is CC1(C)COc2ccc(C(=O)c3cc(F)ccc3Br)cc21. The zero-order valence-electron chi connectivity index (χ0n) is 11.7. The highest BCUT2D eigenvalue weighted by Gasteiger charge is 2.32. The minimum absolute atomic E-state index is 0.120. The molecular formula is C17H14BrFO2. The Bertz CT molecular complexity index is 738. The van der Waals surface area contributed by atoms with Crippen molar-refractivity contribution in [3.05, 3.63) is 63.4 Å². The Morgan fingerprint density at radius 1 is 1.24 bits per heavy atom. The quantitative estimate of drug-likeness (QED) is 0.747. The Labute approximate surface area is 131 Å². The average Bonchev–Trinajstić information content (AvgIpc) is 2.76. The second-order valence-electron chi connectivity index (χ2n) is 5.84. The molecular weight excluding hydrogens is 335 g/mol. The number of carbonyl (C=O) groups is 1. The van der Waals surface area contributed by atoms with E-state index in [0.717, 1.165) is 11.3 Å². The smallest absolute Gasteiger partial charge is 0.194 e. The number of hydrogen-bond donors (Lipinski definition) is 0. The van der Waals surface area contributed by atoms with Gasteiger partial charge in [0.25, 0.3) is 0 Å². The largest absolute Gasteiger partial charge is 0.492 e. The lowest BCUT2D eigenvalue weighted by atomic mass is 9.85. The summed E-state index contributed by atoms with van der Waals surface area (Å²) < 4.78 is 19.6. The fourth-order valence-corrected chi connectivity index (χ4v) is 2.92. The van der Waals surface area contributed by atoms with Gasteiger partial charge in [0, 0.05) is 26.6 Å². The van der Waals surface area contributed by atoms with E-state index >= 15 is 0 Å². The topological polar surface area (TPSA) is 26.3 Å². The number of benzene rings is 2. The molecule has 1 aliphatic rings. The van der Waals surface area contributed by atoms with Crippen LogP contribution >= 0.6 is 15.9 Å². The molecule has 2 nitrogen and oxygen atoms in total. The van der Waals surface area contributed by atoms with Gasteiger partial charge >= 0.3 is 0 Å². The van der Waals surface area contributed by atoms with Crippen LogP contribution in [0.1, 0.15) is 35.3 Å². The molecule has 2 aromatic rings. The summed E-state index contributed by atoms with van der Waals surface area (Å²) in [4.78, 5) is 12.6. The van der Waals surface area contributed by atoms with Crippen molar-refractivity contribution in [3.63, 3.8) is 0 Å². The summed E-state index contributed by atoms with van der Waals surface area (Å²) in [6.07, 6.45) is 0. The predicted molar refractivity (Wildman–Crippen MR) is 82.5 cm³/mol. The van der Waals surface area contributed by atoms with Crippen molar-refractivity contribution in [3.8, 4) is 5.75 Å². The predicted octanol–water partition coefficient (Wildman–Crippen LogP) is 4.49. The molecule has 0 fully saturated rings. The van der Waals surface area contributed by atoms with Gasteiger partial charge in [-0.25, -0.2) is 4.39 Å². The van der Waals surface area contributed by atoms with E-state index in [4.69, 9.17) is 4.74 Å². The van der Waals surface area contributed by atoms with Crippen LogP contribution in [-0.4, -0.2) is 12.4 Å². The molecule has 0 aromatic heterocycles. The molecule has 0 atom stereocenters. The lowest BCUT2D eigenvalue weighted by molar-refractivity contribution is 0.103. The molecule has 3 rings (SSSR count). The van der Waals surface area contributed by atoms with E-state index in [1.165, 1.54) is 12.1 Å². The second kappa shape index (κ2) is 4.95. The molecule has 1 heterocycles. The Balaban J connectivity index is 2.06. The molecule has 0 spiro atoms. The number of ether oxygens (including phenoxy) is 1. The zero-order chi connectivity index (χ0) is 15.2. The highest BCUT2D eigenvalue weighted by atomic mass is 79.9. The van der Waals surface area contributed by atoms with Gasteiger partial charge in [0.05, 0.1) is 6.61 Å². The molecule has 2 aromatic carbocycles. The lowest BCUT2D eigenvalue weighted by Gasteiger charge is -2.15. The first kappa shape index (κ1) is 14.3.